The molecule has 0 saturated heterocycles. The minimum atomic E-state index is -0.115. The zero-order valence-corrected chi connectivity index (χ0v) is 20.2. The van der Waals surface area contributed by atoms with Crippen LogP contribution in [-0.4, -0.2) is 35.4 Å². The van der Waals surface area contributed by atoms with Crippen molar-refractivity contribution in [2.24, 2.45) is 0 Å². The third-order valence-electron chi connectivity index (χ3n) is 5.47. The van der Waals surface area contributed by atoms with Gasteiger partial charge in [-0.25, -0.2) is 14.8 Å². The van der Waals surface area contributed by atoms with Crippen molar-refractivity contribution in [1.29, 1.82) is 5.26 Å². The third-order valence-corrected chi connectivity index (χ3v) is 5.47. The zero-order chi connectivity index (χ0) is 26.4. The maximum absolute atomic E-state index is 9.98. The summed E-state index contributed by atoms with van der Waals surface area (Å²) in [7, 11) is 1.59. The lowest BCUT2D eigenvalue weighted by atomic mass is 9.99. The van der Waals surface area contributed by atoms with E-state index in [1.54, 1.807) is 38.3 Å². The van der Waals surface area contributed by atoms with Gasteiger partial charge in [0.05, 0.1) is 20.3 Å². The lowest BCUT2D eigenvalue weighted by Gasteiger charge is -2.14. The summed E-state index contributed by atoms with van der Waals surface area (Å²) in [5.41, 5.74) is 8.37. The highest BCUT2D eigenvalue weighted by molar-refractivity contribution is 5.90. The van der Waals surface area contributed by atoms with Gasteiger partial charge in [0.15, 0.2) is 0 Å². The number of nitrogens with two attached hydrogens (primary N) is 1. The average molecular weight is 498 g/mol. The molecule has 10 heteroatoms. The van der Waals surface area contributed by atoms with Crippen LogP contribution in [0, 0.1) is 24.8 Å². The molecule has 4 aromatic rings. The van der Waals surface area contributed by atoms with Crippen LogP contribution in [0.15, 0.2) is 52.9 Å². The molecule has 2 aromatic carbocycles. The number of rotatable bonds is 9. The first kappa shape index (κ1) is 25.0. The fraction of sp³-hybridized carbons (Fsp3) is 0.185. The molecule has 0 unspecified atom stereocenters. The van der Waals surface area contributed by atoms with Crippen LogP contribution in [0.4, 0.5) is 11.5 Å². The maximum Gasteiger partial charge on any atom is 0.237 e. The van der Waals surface area contributed by atoms with Crippen molar-refractivity contribution in [1.82, 2.24) is 9.97 Å². The number of nitrogen functional groups attached to an aromatic ring is 1. The lowest BCUT2D eigenvalue weighted by molar-refractivity contribution is 0.201. The molecule has 0 radical (unpaired) electrons. The van der Waals surface area contributed by atoms with Crippen LogP contribution in [0.3, 0.4) is 0 Å². The number of aromatic nitrogens is 2. The predicted octanol–water partition coefficient (Wildman–Crippen LogP) is 4.68. The fourth-order valence-corrected chi connectivity index (χ4v) is 3.61. The smallest absolute Gasteiger partial charge is 0.237 e. The van der Waals surface area contributed by atoms with Crippen molar-refractivity contribution in [3.63, 3.8) is 0 Å². The molecule has 37 heavy (non-hydrogen) atoms. The number of aliphatic hydroxyl groups excluding tert-OH is 1. The summed E-state index contributed by atoms with van der Waals surface area (Å²) in [4.78, 5) is 12.2. The molecule has 0 spiro atoms. The van der Waals surface area contributed by atoms with E-state index in [0.29, 0.717) is 40.0 Å². The van der Waals surface area contributed by atoms with Gasteiger partial charge >= 0.3 is 0 Å². The van der Waals surface area contributed by atoms with Crippen molar-refractivity contribution in [2.75, 3.05) is 26.1 Å². The molecule has 0 bridgehead atoms. The Morgan fingerprint density at radius 3 is 2.35 bits per heavy atom. The number of aryl methyl sites for hydroxylation is 1. The number of ether oxygens (including phenoxy) is 3. The number of aliphatic hydroxyl groups is 1. The molecule has 0 fully saturated rings. The minimum absolute atomic E-state index is 0.0172. The molecule has 3 N–H and O–H groups in total. The number of anilines is 1. The van der Waals surface area contributed by atoms with E-state index in [4.69, 9.17) is 36.0 Å². The highest BCUT2D eigenvalue weighted by atomic mass is 16.5. The number of oxazole rings is 1. The van der Waals surface area contributed by atoms with Gasteiger partial charge in [-0.15, -0.1) is 0 Å². The number of hydrogen-bond donors (Lipinski definition) is 2. The van der Waals surface area contributed by atoms with E-state index in [1.165, 1.54) is 0 Å². The Kier molecular flexibility index (Phi) is 7.53. The topological polar surface area (TPSA) is 141 Å². The summed E-state index contributed by atoms with van der Waals surface area (Å²) in [5, 5.41) is 18.9. The molecule has 10 nitrogen and oxygen atoms in total. The average Bonchev–Trinajstić information content (AvgIpc) is 3.30. The van der Waals surface area contributed by atoms with E-state index in [1.807, 2.05) is 24.3 Å². The van der Waals surface area contributed by atoms with Gasteiger partial charge in [0.25, 0.3) is 0 Å². The van der Waals surface area contributed by atoms with Gasteiger partial charge < -0.3 is 29.5 Å². The van der Waals surface area contributed by atoms with Gasteiger partial charge in [0.2, 0.25) is 17.5 Å². The molecule has 2 aromatic heterocycles. The van der Waals surface area contributed by atoms with Crippen LogP contribution in [0.5, 0.6) is 17.4 Å². The van der Waals surface area contributed by atoms with Crippen LogP contribution in [0.2, 0.25) is 0 Å². The molecular weight excluding hydrogens is 474 g/mol. The molecule has 0 aliphatic heterocycles. The summed E-state index contributed by atoms with van der Waals surface area (Å²) in [6.45, 7) is 9.37. The monoisotopic (exact) mass is 497 g/mol. The standard InChI is InChI=1S/C27H23N5O5/c1-16-22(31-26(37-16)18-6-8-19(34-3)9-7-18)15-36-27-21(14-28)23(24(30-2)25(29)32-27)17-4-10-20(11-5-17)35-13-12-33/h4-11,33H,12-13,15H2,1,3H3,(H2,29,32). The predicted molar refractivity (Wildman–Crippen MR) is 135 cm³/mol. The van der Waals surface area contributed by atoms with Crippen LogP contribution >= 0.6 is 0 Å². The van der Waals surface area contributed by atoms with E-state index in [9.17, 15) is 5.26 Å². The highest BCUT2D eigenvalue weighted by Crippen LogP contribution is 2.41. The van der Waals surface area contributed by atoms with Crippen molar-refractivity contribution >= 4 is 11.5 Å². The first-order valence-electron chi connectivity index (χ1n) is 11.2. The molecule has 0 aliphatic carbocycles. The first-order valence-corrected chi connectivity index (χ1v) is 11.2. The molecular formula is C27H23N5O5. The van der Waals surface area contributed by atoms with Crippen molar-refractivity contribution in [2.45, 2.75) is 13.5 Å². The summed E-state index contributed by atoms with van der Waals surface area (Å²) >= 11 is 0. The lowest BCUT2D eigenvalue weighted by Crippen LogP contribution is -2.05. The number of nitriles is 1. The Bertz CT molecular complexity index is 1480. The highest BCUT2D eigenvalue weighted by Gasteiger charge is 2.22. The van der Waals surface area contributed by atoms with Crippen LogP contribution < -0.4 is 19.9 Å². The number of nitrogens with zero attached hydrogens (tertiary/aromatic N) is 4. The third kappa shape index (κ3) is 5.30. The van der Waals surface area contributed by atoms with Gasteiger partial charge in [-0.05, 0) is 48.9 Å². The van der Waals surface area contributed by atoms with Gasteiger partial charge in [-0.3, -0.25) is 0 Å². The summed E-state index contributed by atoms with van der Waals surface area (Å²) in [5.74, 6) is 2.14. The quantitative estimate of drug-likeness (QED) is 0.315. The molecule has 0 atom stereocenters. The minimum Gasteiger partial charge on any atom is -0.497 e. The van der Waals surface area contributed by atoms with Crippen molar-refractivity contribution in [3.05, 3.63) is 77.0 Å². The molecule has 0 aliphatic rings. The van der Waals surface area contributed by atoms with Crippen LogP contribution in [-0.2, 0) is 6.61 Å². The zero-order valence-electron chi connectivity index (χ0n) is 20.2. The number of pyridine rings is 1. The molecule has 186 valence electrons. The summed E-state index contributed by atoms with van der Waals surface area (Å²) < 4.78 is 22.3. The van der Waals surface area contributed by atoms with E-state index >= 15 is 0 Å². The molecule has 0 amide bonds. The largest absolute Gasteiger partial charge is 0.497 e. The Balaban J connectivity index is 1.64. The van der Waals surface area contributed by atoms with E-state index < -0.39 is 0 Å². The first-order chi connectivity index (χ1) is 18.0. The fourth-order valence-electron chi connectivity index (χ4n) is 3.61. The number of methoxy groups -OCH3 is 1. The van der Waals surface area contributed by atoms with E-state index in [0.717, 1.165) is 5.56 Å². The second-order valence-electron chi connectivity index (χ2n) is 7.76. The summed E-state index contributed by atoms with van der Waals surface area (Å²) in [6.07, 6.45) is 0. The van der Waals surface area contributed by atoms with Gasteiger partial charge in [-0.2, -0.15) is 5.26 Å². The second kappa shape index (κ2) is 11.1. The van der Waals surface area contributed by atoms with E-state index in [-0.39, 0.29) is 42.8 Å². The molecule has 2 heterocycles. The normalized spacial score (nSPS) is 10.4. The number of hydrogen-bond acceptors (Lipinski definition) is 9. The van der Waals surface area contributed by atoms with Crippen LogP contribution in [0.1, 0.15) is 17.0 Å². The number of benzene rings is 2. The van der Waals surface area contributed by atoms with Gasteiger partial charge in [0, 0.05) is 11.1 Å². The second-order valence-corrected chi connectivity index (χ2v) is 7.76. The Labute approximate surface area is 213 Å². The maximum atomic E-state index is 9.98. The Morgan fingerprint density at radius 1 is 1.05 bits per heavy atom. The molecule has 4 rings (SSSR count). The van der Waals surface area contributed by atoms with Crippen molar-refractivity contribution < 1.29 is 23.7 Å². The van der Waals surface area contributed by atoms with Gasteiger partial charge in [0.1, 0.15) is 53.6 Å². The van der Waals surface area contributed by atoms with Gasteiger partial charge in [-0.1, -0.05) is 12.1 Å². The Hall–Kier alpha value is -5.06. The summed E-state index contributed by atoms with van der Waals surface area (Å²) in [6, 6.07) is 16.1. The molecule has 0 saturated carbocycles. The van der Waals surface area contributed by atoms with Crippen molar-refractivity contribution in [3.8, 4) is 46.0 Å². The van der Waals surface area contributed by atoms with E-state index in [2.05, 4.69) is 20.9 Å². The SMILES string of the molecule is [C-]#[N+]c1c(N)nc(OCc2nc(-c3ccc(OC)cc3)oc2C)c(C#N)c1-c1ccc(OCCO)cc1. The Morgan fingerprint density at radius 2 is 1.73 bits per heavy atom. The van der Waals surface area contributed by atoms with Crippen LogP contribution in [0.25, 0.3) is 27.4 Å².